The maximum atomic E-state index is 6.02. The molecule has 2 aromatic heterocycles. The van der Waals surface area contributed by atoms with Gasteiger partial charge in [0.1, 0.15) is 0 Å². The minimum atomic E-state index is 0.326. The first kappa shape index (κ1) is 14.1. The Morgan fingerprint density at radius 2 is 2.19 bits per heavy atom. The first-order chi connectivity index (χ1) is 10.0. The minimum absolute atomic E-state index is 0.326. The van der Waals surface area contributed by atoms with Gasteiger partial charge < -0.3 is 10.1 Å². The van der Waals surface area contributed by atoms with Gasteiger partial charge in [-0.15, -0.1) is 0 Å². The van der Waals surface area contributed by atoms with Crippen LogP contribution >= 0.6 is 0 Å². The molecular weight excluding hydrogens is 266 g/mol. The van der Waals surface area contributed by atoms with Crippen LogP contribution in [0.2, 0.25) is 0 Å². The van der Waals surface area contributed by atoms with E-state index in [1.807, 2.05) is 24.9 Å². The first-order valence-electron chi connectivity index (χ1n) is 7.52. The van der Waals surface area contributed by atoms with E-state index >= 15 is 0 Å². The van der Waals surface area contributed by atoms with Gasteiger partial charge in [0.15, 0.2) is 5.75 Å². The van der Waals surface area contributed by atoms with Gasteiger partial charge >= 0.3 is 0 Å². The number of aromatic nitrogens is 4. The van der Waals surface area contributed by atoms with Gasteiger partial charge in [-0.1, -0.05) is 0 Å². The molecule has 1 aliphatic rings. The van der Waals surface area contributed by atoms with Crippen LogP contribution in [0.5, 0.6) is 11.6 Å². The number of hydrogen-bond acceptors (Lipinski definition) is 4. The molecule has 6 heteroatoms. The van der Waals surface area contributed by atoms with Crippen molar-refractivity contribution < 1.29 is 4.74 Å². The van der Waals surface area contributed by atoms with Crippen molar-refractivity contribution in [2.75, 3.05) is 0 Å². The van der Waals surface area contributed by atoms with E-state index in [-0.39, 0.29) is 0 Å². The Bertz CT molecular complexity index is 624. The molecule has 0 saturated heterocycles. The monoisotopic (exact) mass is 289 g/mol. The summed E-state index contributed by atoms with van der Waals surface area (Å²) in [6.07, 6.45) is 6.22. The third kappa shape index (κ3) is 3.10. The SMILES string of the molecule is Cc1nn(C)c(Oc2cnn(C(C)C)c2)c1CNC1CC1. The van der Waals surface area contributed by atoms with E-state index in [1.54, 1.807) is 10.9 Å². The van der Waals surface area contributed by atoms with Crippen LogP contribution in [0, 0.1) is 6.92 Å². The second-order valence-corrected chi connectivity index (χ2v) is 6.00. The number of aryl methyl sites for hydroxylation is 2. The molecular formula is C15H23N5O. The Morgan fingerprint density at radius 1 is 1.43 bits per heavy atom. The van der Waals surface area contributed by atoms with E-state index in [0.29, 0.717) is 12.1 Å². The van der Waals surface area contributed by atoms with Crippen LogP contribution in [0.25, 0.3) is 0 Å². The molecule has 0 atom stereocenters. The van der Waals surface area contributed by atoms with Gasteiger partial charge in [-0.05, 0) is 33.6 Å². The molecule has 1 N–H and O–H groups in total. The Morgan fingerprint density at radius 3 is 2.81 bits per heavy atom. The van der Waals surface area contributed by atoms with Crippen molar-refractivity contribution in [1.82, 2.24) is 24.9 Å². The zero-order valence-electron chi connectivity index (χ0n) is 13.1. The lowest BCUT2D eigenvalue weighted by Gasteiger charge is -2.08. The summed E-state index contributed by atoms with van der Waals surface area (Å²) in [7, 11) is 1.91. The minimum Gasteiger partial charge on any atom is -0.436 e. The van der Waals surface area contributed by atoms with E-state index in [4.69, 9.17) is 4.74 Å². The molecule has 2 heterocycles. The van der Waals surface area contributed by atoms with Crippen LogP contribution < -0.4 is 10.1 Å². The van der Waals surface area contributed by atoms with Crippen LogP contribution in [-0.4, -0.2) is 25.6 Å². The molecule has 6 nitrogen and oxygen atoms in total. The quantitative estimate of drug-likeness (QED) is 0.888. The Hall–Kier alpha value is -1.82. The highest BCUT2D eigenvalue weighted by Gasteiger charge is 2.23. The molecule has 0 unspecified atom stereocenters. The largest absolute Gasteiger partial charge is 0.436 e. The Kier molecular flexibility index (Phi) is 3.71. The highest BCUT2D eigenvalue weighted by molar-refractivity contribution is 5.34. The highest BCUT2D eigenvalue weighted by Crippen LogP contribution is 2.28. The number of nitrogens with zero attached hydrogens (tertiary/aromatic N) is 4. The molecule has 1 aliphatic carbocycles. The summed E-state index contributed by atoms with van der Waals surface area (Å²) < 4.78 is 9.71. The van der Waals surface area contributed by atoms with E-state index in [9.17, 15) is 0 Å². The fraction of sp³-hybridized carbons (Fsp3) is 0.600. The van der Waals surface area contributed by atoms with Gasteiger partial charge in [0, 0.05) is 25.7 Å². The zero-order chi connectivity index (χ0) is 15.0. The Labute approximate surface area is 125 Å². The summed E-state index contributed by atoms with van der Waals surface area (Å²) in [4.78, 5) is 0. The maximum Gasteiger partial charge on any atom is 0.222 e. The van der Waals surface area contributed by atoms with E-state index < -0.39 is 0 Å². The van der Waals surface area contributed by atoms with Gasteiger partial charge in [0.2, 0.25) is 5.88 Å². The molecule has 3 rings (SSSR count). The van der Waals surface area contributed by atoms with Crippen LogP contribution in [0.3, 0.4) is 0 Å². The smallest absolute Gasteiger partial charge is 0.222 e. The second kappa shape index (κ2) is 5.52. The molecule has 0 radical (unpaired) electrons. The third-order valence-electron chi connectivity index (χ3n) is 3.76. The van der Waals surface area contributed by atoms with Crippen molar-refractivity contribution in [1.29, 1.82) is 0 Å². The van der Waals surface area contributed by atoms with Crippen LogP contribution in [0.15, 0.2) is 12.4 Å². The molecule has 2 aromatic rings. The van der Waals surface area contributed by atoms with Crippen LogP contribution in [-0.2, 0) is 13.6 Å². The lowest BCUT2D eigenvalue weighted by atomic mass is 10.2. The number of rotatable bonds is 6. The lowest BCUT2D eigenvalue weighted by Crippen LogP contribution is -2.16. The number of ether oxygens (including phenoxy) is 1. The Balaban J connectivity index is 1.79. The van der Waals surface area contributed by atoms with Crippen molar-refractivity contribution in [2.24, 2.45) is 7.05 Å². The van der Waals surface area contributed by atoms with Gasteiger partial charge in [-0.2, -0.15) is 10.2 Å². The van der Waals surface area contributed by atoms with E-state index in [2.05, 4.69) is 29.4 Å². The van der Waals surface area contributed by atoms with Crippen molar-refractivity contribution in [3.05, 3.63) is 23.7 Å². The normalized spacial score (nSPS) is 14.9. The molecule has 114 valence electrons. The predicted octanol–water partition coefficient (Wildman–Crippen LogP) is 2.55. The zero-order valence-corrected chi connectivity index (χ0v) is 13.1. The van der Waals surface area contributed by atoms with Gasteiger partial charge in [0.25, 0.3) is 0 Å². The van der Waals surface area contributed by atoms with Crippen LogP contribution in [0.4, 0.5) is 0 Å². The second-order valence-electron chi connectivity index (χ2n) is 6.00. The summed E-state index contributed by atoms with van der Waals surface area (Å²) in [6.45, 7) is 7.01. The molecule has 1 fully saturated rings. The van der Waals surface area contributed by atoms with Crippen molar-refractivity contribution >= 4 is 0 Å². The van der Waals surface area contributed by atoms with Crippen molar-refractivity contribution in [2.45, 2.75) is 52.2 Å². The fourth-order valence-electron chi connectivity index (χ4n) is 2.31. The average molecular weight is 289 g/mol. The molecule has 1 saturated carbocycles. The predicted molar refractivity (Wildman–Crippen MR) is 80.5 cm³/mol. The number of hydrogen-bond donors (Lipinski definition) is 1. The summed E-state index contributed by atoms with van der Waals surface area (Å²) >= 11 is 0. The average Bonchev–Trinajstić information content (AvgIpc) is 3.06. The summed E-state index contributed by atoms with van der Waals surface area (Å²) in [5, 5.41) is 12.3. The standard InChI is InChI=1S/C15H23N5O/c1-10(2)20-9-13(7-17-20)21-15-14(8-16-12-5-6-12)11(3)18-19(15)4/h7,9-10,12,16H,5-6,8H2,1-4H3. The van der Waals surface area contributed by atoms with Crippen molar-refractivity contribution in [3.8, 4) is 11.6 Å². The topological polar surface area (TPSA) is 56.9 Å². The molecule has 0 aromatic carbocycles. The summed E-state index contributed by atoms with van der Waals surface area (Å²) in [5.74, 6) is 1.54. The first-order valence-corrected chi connectivity index (χ1v) is 7.52. The van der Waals surface area contributed by atoms with E-state index in [0.717, 1.165) is 29.4 Å². The molecule has 0 aliphatic heterocycles. The molecule has 0 spiro atoms. The lowest BCUT2D eigenvalue weighted by molar-refractivity contribution is 0.421. The fourth-order valence-corrected chi connectivity index (χ4v) is 2.31. The van der Waals surface area contributed by atoms with Gasteiger partial charge in [-0.3, -0.25) is 4.68 Å². The number of nitrogens with one attached hydrogen (secondary N) is 1. The van der Waals surface area contributed by atoms with Crippen molar-refractivity contribution in [3.63, 3.8) is 0 Å². The molecule has 21 heavy (non-hydrogen) atoms. The summed E-state index contributed by atoms with van der Waals surface area (Å²) in [6, 6.07) is 0.993. The summed E-state index contributed by atoms with van der Waals surface area (Å²) in [5.41, 5.74) is 2.14. The van der Waals surface area contributed by atoms with Gasteiger partial charge in [0.05, 0.1) is 23.7 Å². The van der Waals surface area contributed by atoms with E-state index in [1.165, 1.54) is 12.8 Å². The van der Waals surface area contributed by atoms with Gasteiger partial charge in [-0.25, -0.2) is 4.68 Å². The molecule has 0 amide bonds. The van der Waals surface area contributed by atoms with Crippen LogP contribution in [0.1, 0.15) is 44.0 Å². The molecule has 0 bridgehead atoms. The highest BCUT2D eigenvalue weighted by atomic mass is 16.5. The third-order valence-corrected chi connectivity index (χ3v) is 3.76. The maximum absolute atomic E-state index is 6.02.